The summed E-state index contributed by atoms with van der Waals surface area (Å²) in [6.07, 6.45) is 7.14. The zero-order chi connectivity index (χ0) is 28.2. The lowest BCUT2D eigenvalue weighted by molar-refractivity contribution is -0.138. The van der Waals surface area contributed by atoms with Gasteiger partial charge < -0.3 is 9.47 Å². The second-order valence-corrected chi connectivity index (χ2v) is 11.0. The van der Waals surface area contributed by atoms with Crippen molar-refractivity contribution in [1.82, 2.24) is 4.57 Å². The van der Waals surface area contributed by atoms with E-state index < -0.39 is 12.0 Å². The number of hydrogen-bond acceptors (Lipinski definition) is 6. The van der Waals surface area contributed by atoms with Gasteiger partial charge >= 0.3 is 5.97 Å². The van der Waals surface area contributed by atoms with Crippen LogP contribution in [0, 0.1) is 12.3 Å². The number of carbonyl (C=O) groups is 1. The van der Waals surface area contributed by atoms with Crippen LogP contribution in [-0.4, -0.2) is 23.8 Å². The maximum Gasteiger partial charge on any atom is 0.338 e. The Bertz CT molecular complexity index is 1840. The molecule has 5 rings (SSSR count). The van der Waals surface area contributed by atoms with Crippen LogP contribution >= 0.6 is 38.9 Å². The monoisotopic (exact) mass is 632 g/mol. The van der Waals surface area contributed by atoms with E-state index in [0.29, 0.717) is 36.9 Å². The van der Waals surface area contributed by atoms with Gasteiger partial charge in [-0.25, -0.2) is 9.79 Å². The zero-order valence-corrected chi connectivity index (χ0v) is 24.4. The van der Waals surface area contributed by atoms with Gasteiger partial charge in [-0.3, -0.25) is 9.36 Å². The minimum Gasteiger partial charge on any atom is -0.480 e. The van der Waals surface area contributed by atoms with Crippen LogP contribution in [0.5, 0.6) is 5.75 Å². The highest BCUT2D eigenvalue weighted by Gasteiger charge is 2.35. The molecule has 200 valence electrons. The summed E-state index contributed by atoms with van der Waals surface area (Å²) in [6.45, 7) is 2.00. The molecule has 0 N–H and O–H groups in total. The number of hydrogen-bond donors (Lipinski definition) is 0. The maximum absolute atomic E-state index is 14.0. The smallest absolute Gasteiger partial charge is 0.338 e. The Labute approximate surface area is 248 Å². The molecule has 6 nitrogen and oxygen atoms in total. The molecular formula is C31H22BrClN2O4S. The number of terminal acetylenes is 1. The first-order chi connectivity index (χ1) is 19.4. The van der Waals surface area contributed by atoms with Crippen LogP contribution in [0.15, 0.2) is 92.6 Å². The number of ether oxygens (including phenoxy) is 2. The number of rotatable bonds is 7. The Hall–Kier alpha value is -3.90. The van der Waals surface area contributed by atoms with Crippen molar-refractivity contribution < 1.29 is 14.3 Å². The summed E-state index contributed by atoms with van der Waals surface area (Å²) >= 11 is 10.9. The zero-order valence-electron chi connectivity index (χ0n) is 21.3. The van der Waals surface area contributed by atoms with Gasteiger partial charge in [-0.05, 0) is 48.9 Å². The Balaban J connectivity index is 1.81. The summed E-state index contributed by atoms with van der Waals surface area (Å²) in [5.74, 6) is 2.46. The van der Waals surface area contributed by atoms with Crippen molar-refractivity contribution in [3.05, 3.63) is 124 Å². The lowest BCUT2D eigenvalue weighted by Gasteiger charge is -2.25. The molecular weight excluding hydrogens is 612 g/mol. The van der Waals surface area contributed by atoms with Gasteiger partial charge in [-0.15, -0.1) is 6.42 Å². The minimum absolute atomic E-state index is 0.0869. The van der Waals surface area contributed by atoms with Crippen molar-refractivity contribution in [2.75, 3.05) is 13.2 Å². The predicted molar refractivity (Wildman–Crippen MR) is 161 cm³/mol. The number of esters is 1. The molecule has 4 aromatic rings. The fourth-order valence-corrected chi connectivity index (χ4v) is 5.92. The Morgan fingerprint density at radius 3 is 2.62 bits per heavy atom. The van der Waals surface area contributed by atoms with Gasteiger partial charge in [0.25, 0.3) is 5.56 Å². The highest BCUT2D eigenvalue weighted by molar-refractivity contribution is 9.10. The normalized spacial score (nSPS) is 14.8. The Kier molecular flexibility index (Phi) is 8.36. The molecule has 0 aliphatic carbocycles. The molecule has 40 heavy (non-hydrogen) atoms. The third-order valence-corrected chi connectivity index (χ3v) is 7.86. The SMILES string of the molecule is C#CCOc1ccc(Br)cc1/C=c1\sc2n(c1=O)[C@H](c1ccc(Cl)cc1)C(C(=O)OCC)=C(c1ccccc1)N=2. The van der Waals surface area contributed by atoms with Crippen LogP contribution in [0.4, 0.5) is 0 Å². The highest BCUT2D eigenvalue weighted by atomic mass is 79.9. The molecule has 0 spiro atoms. The third-order valence-electron chi connectivity index (χ3n) is 6.13. The number of thiazole rings is 1. The summed E-state index contributed by atoms with van der Waals surface area (Å²) in [7, 11) is 0. The summed E-state index contributed by atoms with van der Waals surface area (Å²) in [4.78, 5) is 32.9. The molecule has 1 aliphatic heterocycles. The second-order valence-electron chi connectivity index (χ2n) is 8.66. The Morgan fingerprint density at radius 1 is 1.18 bits per heavy atom. The van der Waals surface area contributed by atoms with Gasteiger partial charge in [0.1, 0.15) is 12.4 Å². The lowest BCUT2D eigenvalue weighted by Crippen LogP contribution is -2.40. The van der Waals surface area contributed by atoms with E-state index in [1.165, 1.54) is 11.3 Å². The van der Waals surface area contributed by atoms with E-state index in [1.54, 1.807) is 47.9 Å². The van der Waals surface area contributed by atoms with Gasteiger partial charge in [-0.2, -0.15) is 0 Å². The fraction of sp³-hybridized carbons (Fsp3) is 0.129. The molecule has 1 aromatic heterocycles. The fourth-order valence-electron chi connectivity index (χ4n) is 4.43. The average molecular weight is 634 g/mol. The van der Waals surface area contributed by atoms with Crippen molar-refractivity contribution in [1.29, 1.82) is 0 Å². The molecule has 2 heterocycles. The molecule has 1 aliphatic rings. The predicted octanol–water partition coefficient (Wildman–Crippen LogP) is 5.36. The quantitative estimate of drug-likeness (QED) is 0.203. The van der Waals surface area contributed by atoms with Gasteiger partial charge in [0.2, 0.25) is 0 Å². The van der Waals surface area contributed by atoms with Crippen molar-refractivity contribution in [3.63, 3.8) is 0 Å². The van der Waals surface area contributed by atoms with E-state index >= 15 is 0 Å². The number of aromatic nitrogens is 1. The van der Waals surface area contributed by atoms with Crippen molar-refractivity contribution in [2.45, 2.75) is 13.0 Å². The molecule has 9 heteroatoms. The van der Waals surface area contributed by atoms with Gasteiger partial charge in [0.05, 0.1) is 28.5 Å². The van der Waals surface area contributed by atoms with Crippen molar-refractivity contribution >= 4 is 56.6 Å². The summed E-state index contributed by atoms with van der Waals surface area (Å²) in [5.41, 5.74) is 2.52. The van der Waals surface area contributed by atoms with Crippen molar-refractivity contribution in [3.8, 4) is 18.1 Å². The first-order valence-corrected chi connectivity index (χ1v) is 14.3. The van der Waals surface area contributed by atoms with Gasteiger partial charge in [0.15, 0.2) is 4.80 Å². The second kappa shape index (κ2) is 12.1. The first-order valence-electron chi connectivity index (χ1n) is 12.3. The van der Waals surface area contributed by atoms with Crippen LogP contribution in [0.25, 0.3) is 11.8 Å². The molecule has 1 atom stereocenters. The Morgan fingerprint density at radius 2 is 1.93 bits per heavy atom. The van der Waals surface area contributed by atoms with Crippen LogP contribution in [0.3, 0.4) is 0 Å². The maximum atomic E-state index is 14.0. The number of nitrogens with zero attached hydrogens (tertiary/aromatic N) is 2. The molecule has 0 unspecified atom stereocenters. The molecule has 0 saturated carbocycles. The molecule has 0 saturated heterocycles. The van der Waals surface area contributed by atoms with E-state index in [1.807, 2.05) is 42.5 Å². The number of carbonyl (C=O) groups excluding carboxylic acids is 1. The van der Waals surface area contributed by atoms with E-state index in [2.05, 4.69) is 21.9 Å². The van der Waals surface area contributed by atoms with Crippen molar-refractivity contribution in [2.24, 2.45) is 4.99 Å². The highest BCUT2D eigenvalue weighted by Crippen LogP contribution is 2.35. The third kappa shape index (κ3) is 5.54. The van der Waals surface area contributed by atoms with Gasteiger partial charge in [-0.1, -0.05) is 87.3 Å². The van der Waals surface area contributed by atoms with Crippen LogP contribution in [0.2, 0.25) is 5.02 Å². The van der Waals surface area contributed by atoms with E-state index in [9.17, 15) is 9.59 Å². The topological polar surface area (TPSA) is 69.9 Å². The number of halogens is 2. The van der Waals surface area contributed by atoms with Gasteiger partial charge in [0, 0.05) is 20.6 Å². The first kappa shape index (κ1) is 27.7. The average Bonchev–Trinajstić information content (AvgIpc) is 3.27. The standard InChI is InChI=1S/C31H22BrClN2O4S/c1-3-16-39-24-15-12-22(32)17-21(24)18-25-29(36)35-28(20-10-13-23(33)14-11-20)26(30(37)38-4-2)27(34-31(35)40-25)19-8-6-5-7-9-19/h1,5-15,17-18,28H,4,16H2,2H3/b25-18-/t28-/m1/s1. The van der Waals surface area contributed by atoms with Crippen LogP contribution in [0.1, 0.15) is 29.7 Å². The molecule has 0 fully saturated rings. The summed E-state index contributed by atoms with van der Waals surface area (Å²) in [6, 6.07) is 21.1. The summed E-state index contributed by atoms with van der Waals surface area (Å²) in [5, 5.41) is 0.537. The lowest BCUT2D eigenvalue weighted by atomic mass is 9.93. The van der Waals surface area contributed by atoms with E-state index in [-0.39, 0.29) is 24.3 Å². The molecule has 0 bridgehead atoms. The number of fused-ring (bicyclic) bond motifs is 1. The largest absolute Gasteiger partial charge is 0.480 e. The minimum atomic E-state index is -0.787. The molecule has 3 aromatic carbocycles. The molecule has 0 amide bonds. The van der Waals surface area contributed by atoms with Crippen LogP contribution in [-0.2, 0) is 9.53 Å². The summed E-state index contributed by atoms with van der Waals surface area (Å²) < 4.78 is 14.0. The van der Waals surface area contributed by atoms with E-state index in [0.717, 1.165) is 10.0 Å². The molecule has 0 radical (unpaired) electrons. The van der Waals surface area contributed by atoms with E-state index in [4.69, 9.17) is 32.5 Å². The van der Waals surface area contributed by atoms with Crippen LogP contribution < -0.4 is 19.6 Å². The number of benzene rings is 3.